The van der Waals surface area contributed by atoms with Gasteiger partial charge in [-0.25, -0.2) is 4.79 Å². The van der Waals surface area contributed by atoms with Gasteiger partial charge in [-0.15, -0.1) is 0 Å². The molecule has 0 fully saturated rings. The van der Waals surface area contributed by atoms with Gasteiger partial charge in [0.15, 0.2) is 0 Å². The van der Waals surface area contributed by atoms with E-state index in [1.165, 1.54) is 0 Å². The van der Waals surface area contributed by atoms with Gasteiger partial charge in [-0.2, -0.15) is 8.78 Å². The summed E-state index contributed by atoms with van der Waals surface area (Å²) in [6.45, 7) is 6.43. The number of carbonyl (C=O) groups is 3. The molecule has 1 aromatic rings. The summed E-state index contributed by atoms with van der Waals surface area (Å²) in [5, 5.41) is 14.5. The number of aliphatic hydroxyl groups is 1. The highest BCUT2D eigenvalue weighted by molar-refractivity contribution is 5.93. The van der Waals surface area contributed by atoms with Crippen molar-refractivity contribution in [3.8, 4) is 0 Å². The molecule has 0 spiro atoms. The summed E-state index contributed by atoms with van der Waals surface area (Å²) >= 11 is 0. The maximum Gasteiger partial charge on any atom is 0.351 e. The van der Waals surface area contributed by atoms with Crippen LogP contribution in [0.5, 0.6) is 0 Å². The van der Waals surface area contributed by atoms with Gasteiger partial charge in [-0.05, 0) is 23.8 Å². The highest BCUT2D eigenvalue weighted by Crippen LogP contribution is 2.23. The molecule has 10 heteroatoms. The van der Waals surface area contributed by atoms with Crippen LogP contribution in [0.1, 0.15) is 33.3 Å². The van der Waals surface area contributed by atoms with E-state index in [2.05, 4.69) is 10.1 Å². The fourth-order valence-corrected chi connectivity index (χ4v) is 3.04. The number of rotatable bonds is 11. The Hall–Kier alpha value is -2.59. The summed E-state index contributed by atoms with van der Waals surface area (Å²) in [5.41, 5.74) is 6.35. The molecule has 5 N–H and O–H groups in total. The van der Waals surface area contributed by atoms with Gasteiger partial charge in [0.25, 0.3) is 5.91 Å². The second kappa shape index (κ2) is 11.9. The minimum atomic E-state index is -4.25. The Morgan fingerprint density at radius 2 is 1.56 bits per heavy atom. The van der Waals surface area contributed by atoms with Crippen molar-refractivity contribution < 1.29 is 33.0 Å². The standard InChI is InChI=1S/C22H33F2N3O5/c1-12(2)16(19(29)26-17(13(3)4)20(30)32-5)27-21(31)22(23,24)18(28)15(25)11-14-9-7-6-8-10-14/h6-10,12-13,15-18,28H,11,25H2,1-5H3,(H,26,29)(H,27,31). The third kappa shape index (κ3) is 7.23. The molecule has 1 aromatic carbocycles. The molecular weight excluding hydrogens is 424 g/mol. The Labute approximate surface area is 186 Å². The van der Waals surface area contributed by atoms with E-state index in [-0.39, 0.29) is 12.3 Å². The van der Waals surface area contributed by atoms with Crippen LogP contribution in [-0.2, 0) is 25.5 Å². The van der Waals surface area contributed by atoms with Crippen molar-refractivity contribution in [2.45, 2.75) is 64.3 Å². The van der Waals surface area contributed by atoms with Crippen molar-refractivity contribution in [2.24, 2.45) is 17.6 Å². The van der Waals surface area contributed by atoms with Crippen molar-refractivity contribution in [3.05, 3.63) is 35.9 Å². The number of amides is 2. The van der Waals surface area contributed by atoms with Gasteiger partial charge in [-0.3, -0.25) is 9.59 Å². The average Bonchev–Trinajstić information content (AvgIpc) is 2.74. The van der Waals surface area contributed by atoms with Crippen LogP contribution in [0.25, 0.3) is 0 Å². The highest BCUT2D eigenvalue weighted by atomic mass is 19.3. The van der Waals surface area contributed by atoms with Crippen LogP contribution in [0.15, 0.2) is 30.3 Å². The van der Waals surface area contributed by atoms with E-state index in [4.69, 9.17) is 5.73 Å². The second-order valence-electron chi connectivity index (χ2n) is 8.37. The first-order valence-electron chi connectivity index (χ1n) is 10.4. The molecule has 0 bridgehead atoms. The number of benzene rings is 1. The van der Waals surface area contributed by atoms with E-state index >= 15 is 0 Å². The van der Waals surface area contributed by atoms with E-state index in [9.17, 15) is 28.3 Å². The predicted molar refractivity (Wildman–Crippen MR) is 115 cm³/mol. The normalized spacial score (nSPS) is 15.6. The summed E-state index contributed by atoms with van der Waals surface area (Å²) in [6.07, 6.45) is -2.55. The molecular formula is C22H33F2N3O5. The first kappa shape index (κ1) is 27.4. The molecule has 0 aliphatic heterocycles. The van der Waals surface area contributed by atoms with Gasteiger partial charge < -0.3 is 26.2 Å². The first-order valence-corrected chi connectivity index (χ1v) is 10.4. The van der Waals surface area contributed by atoms with E-state index in [1.54, 1.807) is 58.0 Å². The number of nitrogens with two attached hydrogens (primary N) is 1. The Morgan fingerprint density at radius 3 is 2.03 bits per heavy atom. The molecule has 32 heavy (non-hydrogen) atoms. The van der Waals surface area contributed by atoms with Gasteiger partial charge in [-0.1, -0.05) is 58.0 Å². The number of ether oxygens (including phenoxy) is 1. The Bertz CT molecular complexity index is 774. The van der Waals surface area contributed by atoms with Crippen LogP contribution < -0.4 is 16.4 Å². The number of hydrogen-bond donors (Lipinski definition) is 4. The molecule has 0 heterocycles. The lowest BCUT2D eigenvalue weighted by Gasteiger charge is -2.30. The molecule has 0 saturated carbocycles. The zero-order valence-corrected chi connectivity index (χ0v) is 19.0. The summed E-state index contributed by atoms with van der Waals surface area (Å²) in [6, 6.07) is 4.65. The maximum absolute atomic E-state index is 14.7. The van der Waals surface area contributed by atoms with Crippen LogP contribution >= 0.6 is 0 Å². The third-order valence-electron chi connectivity index (χ3n) is 5.05. The van der Waals surface area contributed by atoms with Crippen molar-refractivity contribution >= 4 is 17.8 Å². The molecule has 2 amide bonds. The molecule has 1 rings (SSSR count). The number of aliphatic hydroxyl groups excluding tert-OH is 1. The smallest absolute Gasteiger partial charge is 0.351 e. The van der Waals surface area contributed by atoms with Crippen LogP contribution in [0.2, 0.25) is 0 Å². The van der Waals surface area contributed by atoms with E-state index in [0.717, 1.165) is 7.11 Å². The molecule has 0 aromatic heterocycles. The fraction of sp³-hybridized carbons (Fsp3) is 0.591. The molecule has 4 atom stereocenters. The van der Waals surface area contributed by atoms with Crippen LogP contribution in [-0.4, -0.2) is 60.2 Å². The predicted octanol–water partition coefficient (Wildman–Crippen LogP) is 1.01. The maximum atomic E-state index is 14.7. The molecule has 0 radical (unpaired) electrons. The van der Waals surface area contributed by atoms with Gasteiger partial charge >= 0.3 is 11.9 Å². The van der Waals surface area contributed by atoms with Crippen molar-refractivity contribution in [1.29, 1.82) is 0 Å². The summed E-state index contributed by atoms with van der Waals surface area (Å²) in [4.78, 5) is 36.9. The van der Waals surface area contributed by atoms with Crippen molar-refractivity contribution in [2.75, 3.05) is 7.11 Å². The molecule has 180 valence electrons. The number of nitrogens with one attached hydrogen (secondary N) is 2. The van der Waals surface area contributed by atoms with E-state index < -0.39 is 53.9 Å². The van der Waals surface area contributed by atoms with Crippen molar-refractivity contribution in [3.63, 3.8) is 0 Å². The number of alkyl halides is 2. The Morgan fingerprint density at radius 1 is 1.03 bits per heavy atom. The SMILES string of the molecule is COC(=O)C(NC(=O)C(NC(=O)C(F)(F)C(O)C(N)Cc1ccccc1)C(C)C)C(C)C. The number of carbonyl (C=O) groups excluding carboxylic acids is 3. The molecule has 0 saturated heterocycles. The highest BCUT2D eigenvalue weighted by Gasteiger charge is 2.50. The molecule has 4 unspecified atom stereocenters. The minimum Gasteiger partial charge on any atom is -0.467 e. The van der Waals surface area contributed by atoms with E-state index in [1.807, 2.05) is 5.32 Å². The lowest BCUT2D eigenvalue weighted by atomic mass is 9.96. The van der Waals surface area contributed by atoms with Gasteiger partial charge in [0.1, 0.15) is 18.2 Å². The second-order valence-corrected chi connectivity index (χ2v) is 8.37. The summed E-state index contributed by atoms with van der Waals surface area (Å²) in [5.74, 6) is -8.53. The van der Waals surface area contributed by atoms with Gasteiger partial charge in [0.2, 0.25) is 5.91 Å². The zero-order chi connectivity index (χ0) is 24.6. The number of halogens is 2. The van der Waals surface area contributed by atoms with Gasteiger partial charge in [0, 0.05) is 6.04 Å². The van der Waals surface area contributed by atoms with Crippen molar-refractivity contribution in [1.82, 2.24) is 10.6 Å². The topological polar surface area (TPSA) is 131 Å². The summed E-state index contributed by atoms with van der Waals surface area (Å²) in [7, 11) is 1.16. The van der Waals surface area contributed by atoms with Crippen LogP contribution in [0, 0.1) is 11.8 Å². The van der Waals surface area contributed by atoms with Crippen LogP contribution in [0.3, 0.4) is 0 Å². The minimum absolute atomic E-state index is 0.0752. The Balaban J connectivity index is 2.92. The third-order valence-corrected chi connectivity index (χ3v) is 5.05. The van der Waals surface area contributed by atoms with Crippen LogP contribution in [0.4, 0.5) is 8.78 Å². The molecule has 8 nitrogen and oxygen atoms in total. The quantitative estimate of drug-likeness (QED) is 0.367. The monoisotopic (exact) mass is 457 g/mol. The molecule has 0 aliphatic rings. The summed E-state index contributed by atoms with van der Waals surface area (Å²) < 4.78 is 34.0. The number of esters is 1. The number of hydrogen-bond acceptors (Lipinski definition) is 6. The first-order chi connectivity index (χ1) is 14.8. The van der Waals surface area contributed by atoms with E-state index in [0.29, 0.717) is 5.56 Å². The zero-order valence-electron chi connectivity index (χ0n) is 19.0. The largest absolute Gasteiger partial charge is 0.467 e. The fourth-order valence-electron chi connectivity index (χ4n) is 3.04. The van der Waals surface area contributed by atoms with Gasteiger partial charge in [0.05, 0.1) is 7.11 Å². The molecule has 0 aliphatic carbocycles. The Kier molecular flexibility index (Phi) is 10.2. The average molecular weight is 458 g/mol. The lowest BCUT2D eigenvalue weighted by Crippen LogP contribution is -2.61. The lowest BCUT2D eigenvalue weighted by molar-refractivity contribution is -0.167. The number of methoxy groups -OCH3 is 1.